The van der Waals surface area contributed by atoms with E-state index in [9.17, 15) is 21.9 Å². The van der Waals surface area contributed by atoms with Crippen molar-refractivity contribution in [1.82, 2.24) is 4.31 Å². The van der Waals surface area contributed by atoms with Gasteiger partial charge in [0.2, 0.25) is 10.0 Å². The maximum Gasteiger partial charge on any atom is 0.243 e. The van der Waals surface area contributed by atoms with Gasteiger partial charge in [-0.1, -0.05) is 31.4 Å². The topological polar surface area (TPSA) is 91.8 Å². The minimum absolute atomic E-state index is 0.00423. The summed E-state index contributed by atoms with van der Waals surface area (Å²) in [5.74, 6) is 0.316. The quantitative estimate of drug-likeness (QED) is 0.786. The molecule has 1 aromatic rings. The van der Waals surface area contributed by atoms with Crippen LogP contribution in [-0.4, -0.2) is 56.9 Å². The van der Waals surface area contributed by atoms with Gasteiger partial charge in [-0.2, -0.15) is 4.31 Å². The van der Waals surface area contributed by atoms with Crippen LogP contribution >= 0.6 is 0 Å². The van der Waals surface area contributed by atoms with E-state index in [0.717, 1.165) is 17.1 Å². The molecule has 6 nitrogen and oxygen atoms in total. The Bertz CT molecular complexity index is 812. The smallest absolute Gasteiger partial charge is 0.243 e. The van der Waals surface area contributed by atoms with Gasteiger partial charge in [0.05, 0.1) is 23.0 Å². The molecule has 8 heteroatoms. The number of aliphatic hydroxyl groups is 1. The lowest BCUT2D eigenvalue weighted by atomic mass is 9.84. The first-order chi connectivity index (χ1) is 12.3. The van der Waals surface area contributed by atoms with Crippen molar-refractivity contribution < 1.29 is 21.9 Å². The minimum atomic E-state index is -3.84. The summed E-state index contributed by atoms with van der Waals surface area (Å²) in [6.45, 7) is -0.428. The fourth-order valence-electron chi connectivity index (χ4n) is 4.08. The Morgan fingerprint density at radius 1 is 1.04 bits per heavy atom. The second kappa shape index (κ2) is 7.96. The first kappa shape index (κ1) is 19.8. The van der Waals surface area contributed by atoms with E-state index >= 15 is 0 Å². The zero-order valence-electron chi connectivity index (χ0n) is 14.9. The monoisotopic (exact) mass is 401 g/mol. The third kappa shape index (κ3) is 4.30. The molecule has 1 aliphatic carbocycles. The van der Waals surface area contributed by atoms with E-state index in [0.29, 0.717) is 5.92 Å². The van der Waals surface area contributed by atoms with E-state index in [1.54, 1.807) is 12.1 Å². The van der Waals surface area contributed by atoms with Gasteiger partial charge in [-0.15, -0.1) is 0 Å². The van der Waals surface area contributed by atoms with Gasteiger partial charge >= 0.3 is 0 Å². The highest BCUT2D eigenvalue weighted by Crippen LogP contribution is 2.33. The summed E-state index contributed by atoms with van der Waals surface area (Å²) >= 11 is 0. The zero-order chi connectivity index (χ0) is 18.8. The average Bonchev–Trinajstić information content (AvgIpc) is 2.99. The van der Waals surface area contributed by atoms with Crippen molar-refractivity contribution in [2.45, 2.75) is 55.4 Å². The van der Waals surface area contributed by atoms with Gasteiger partial charge in [-0.25, -0.2) is 16.8 Å². The Labute approximate surface area is 156 Å². The summed E-state index contributed by atoms with van der Waals surface area (Å²) in [5.41, 5.74) is 1.17. The molecule has 0 aromatic heterocycles. The predicted octanol–water partition coefficient (Wildman–Crippen LogP) is 1.90. The first-order valence-corrected chi connectivity index (χ1v) is 12.5. The van der Waals surface area contributed by atoms with E-state index in [1.807, 2.05) is 12.1 Å². The van der Waals surface area contributed by atoms with Crippen LogP contribution in [0, 0.1) is 0 Å². The molecule has 2 fully saturated rings. The number of hydrogen-bond acceptors (Lipinski definition) is 5. The van der Waals surface area contributed by atoms with Crippen molar-refractivity contribution in [3.8, 4) is 0 Å². The summed E-state index contributed by atoms with van der Waals surface area (Å²) < 4.78 is 50.7. The molecule has 146 valence electrons. The summed E-state index contributed by atoms with van der Waals surface area (Å²) in [6.07, 6.45) is 6.26. The molecule has 0 radical (unpaired) electrons. The van der Waals surface area contributed by atoms with Gasteiger partial charge in [0.15, 0.2) is 9.84 Å². The summed E-state index contributed by atoms with van der Waals surface area (Å²) in [7, 11) is -7.05. The number of hydrogen-bond donors (Lipinski definition) is 1. The molecule has 1 aliphatic heterocycles. The van der Waals surface area contributed by atoms with Gasteiger partial charge in [0.1, 0.15) is 0 Å². The maximum absolute atomic E-state index is 13.0. The predicted molar refractivity (Wildman–Crippen MR) is 100 cm³/mol. The molecule has 0 unspecified atom stereocenters. The number of rotatable bonds is 6. The molecular formula is C18H27NO5S2. The molecule has 1 N–H and O–H groups in total. The van der Waals surface area contributed by atoms with E-state index in [-0.39, 0.29) is 36.0 Å². The molecule has 1 heterocycles. The van der Waals surface area contributed by atoms with Crippen LogP contribution < -0.4 is 0 Å². The Morgan fingerprint density at radius 2 is 1.69 bits per heavy atom. The standard InChI is InChI=1S/C18H27NO5S2/c20-12-11-19(17-10-13-25(21,22)14-17)26(23,24)18-8-6-16(7-9-18)15-4-2-1-3-5-15/h6-9,15,17,20H,1-5,10-14H2/t17-/m1/s1. The zero-order valence-corrected chi connectivity index (χ0v) is 16.5. The Kier molecular flexibility index (Phi) is 6.06. The fraction of sp³-hybridized carbons (Fsp3) is 0.667. The van der Waals surface area contributed by atoms with Gasteiger partial charge in [-0.3, -0.25) is 0 Å². The first-order valence-electron chi connectivity index (χ1n) is 9.26. The van der Waals surface area contributed by atoms with Crippen LogP contribution in [0.5, 0.6) is 0 Å². The lowest BCUT2D eigenvalue weighted by Crippen LogP contribution is -2.42. The molecule has 0 bridgehead atoms. The number of nitrogens with zero attached hydrogens (tertiary/aromatic N) is 1. The molecule has 3 rings (SSSR count). The lowest BCUT2D eigenvalue weighted by Gasteiger charge is -2.27. The van der Waals surface area contributed by atoms with Crippen molar-refractivity contribution >= 4 is 19.9 Å². The van der Waals surface area contributed by atoms with Crippen LogP contribution in [0.3, 0.4) is 0 Å². The number of sulfonamides is 1. The second-order valence-corrected chi connectivity index (χ2v) is 11.4. The molecule has 0 spiro atoms. The third-order valence-electron chi connectivity index (χ3n) is 5.50. The van der Waals surface area contributed by atoms with Crippen LogP contribution in [0.25, 0.3) is 0 Å². The van der Waals surface area contributed by atoms with Gasteiger partial charge < -0.3 is 5.11 Å². The highest BCUT2D eigenvalue weighted by atomic mass is 32.2. The number of sulfone groups is 1. The average molecular weight is 402 g/mol. The van der Waals surface area contributed by atoms with Crippen molar-refractivity contribution in [2.75, 3.05) is 24.7 Å². The highest BCUT2D eigenvalue weighted by molar-refractivity contribution is 7.92. The summed E-state index contributed by atoms with van der Waals surface area (Å²) in [4.78, 5) is 0.162. The Hall–Kier alpha value is -0.960. The van der Waals surface area contributed by atoms with Crippen LogP contribution in [-0.2, 0) is 19.9 Å². The van der Waals surface area contributed by atoms with Crippen LogP contribution in [0.4, 0.5) is 0 Å². The van der Waals surface area contributed by atoms with E-state index in [1.165, 1.54) is 24.8 Å². The lowest BCUT2D eigenvalue weighted by molar-refractivity contribution is 0.232. The summed E-state index contributed by atoms with van der Waals surface area (Å²) in [5, 5.41) is 9.30. The van der Waals surface area contributed by atoms with Crippen molar-refractivity contribution in [3.63, 3.8) is 0 Å². The number of aliphatic hydroxyl groups excluding tert-OH is 1. The maximum atomic E-state index is 13.0. The molecule has 1 aromatic carbocycles. The summed E-state index contributed by atoms with van der Waals surface area (Å²) in [6, 6.07) is 6.40. The Morgan fingerprint density at radius 3 is 2.23 bits per heavy atom. The van der Waals surface area contributed by atoms with Crippen molar-refractivity contribution in [1.29, 1.82) is 0 Å². The molecule has 26 heavy (non-hydrogen) atoms. The highest BCUT2D eigenvalue weighted by Gasteiger charge is 2.38. The minimum Gasteiger partial charge on any atom is -0.395 e. The van der Waals surface area contributed by atoms with Gasteiger partial charge in [0.25, 0.3) is 0 Å². The van der Waals surface area contributed by atoms with Crippen LogP contribution in [0.1, 0.15) is 50.0 Å². The molecule has 1 atom stereocenters. The van der Waals surface area contributed by atoms with Crippen LogP contribution in [0.15, 0.2) is 29.2 Å². The van der Waals surface area contributed by atoms with Gasteiger partial charge in [-0.05, 0) is 42.9 Å². The van der Waals surface area contributed by atoms with E-state index in [4.69, 9.17) is 0 Å². The van der Waals surface area contributed by atoms with E-state index < -0.39 is 25.9 Å². The van der Waals surface area contributed by atoms with E-state index in [2.05, 4.69) is 0 Å². The molecule has 1 saturated carbocycles. The van der Waals surface area contributed by atoms with Crippen molar-refractivity contribution in [3.05, 3.63) is 29.8 Å². The third-order valence-corrected chi connectivity index (χ3v) is 9.22. The molecular weight excluding hydrogens is 374 g/mol. The second-order valence-electron chi connectivity index (χ2n) is 7.30. The fourth-order valence-corrected chi connectivity index (χ4v) is 7.55. The van der Waals surface area contributed by atoms with Crippen molar-refractivity contribution in [2.24, 2.45) is 0 Å². The molecule has 2 aliphatic rings. The molecule has 0 amide bonds. The molecule has 1 saturated heterocycles. The number of benzene rings is 1. The normalized spacial score (nSPS) is 24.2. The SMILES string of the molecule is O=S1(=O)CC[C@@H](N(CCO)S(=O)(=O)c2ccc(C3CCCCC3)cc2)C1. The van der Waals surface area contributed by atoms with Gasteiger partial charge in [0, 0.05) is 12.6 Å². The van der Waals surface area contributed by atoms with Crippen LogP contribution in [0.2, 0.25) is 0 Å². The Balaban J connectivity index is 1.82. The largest absolute Gasteiger partial charge is 0.395 e.